The predicted octanol–water partition coefficient (Wildman–Crippen LogP) is 3.34. The van der Waals surface area contributed by atoms with Gasteiger partial charge in [-0.25, -0.2) is 14.8 Å². The fourth-order valence-electron chi connectivity index (χ4n) is 1.86. The lowest BCUT2D eigenvalue weighted by Crippen LogP contribution is -1.98. The van der Waals surface area contributed by atoms with E-state index in [1.807, 2.05) is 13.0 Å². The van der Waals surface area contributed by atoms with Crippen LogP contribution in [0.2, 0.25) is 5.15 Å². The van der Waals surface area contributed by atoms with Gasteiger partial charge in [0.15, 0.2) is 0 Å². The van der Waals surface area contributed by atoms with Crippen molar-refractivity contribution in [1.29, 1.82) is 0 Å². The molecule has 0 unspecified atom stereocenters. The summed E-state index contributed by atoms with van der Waals surface area (Å²) in [5.41, 5.74) is 0.928. The Morgan fingerprint density at radius 3 is 2.85 bits per heavy atom. The minimum Gasteiger partial charge on any atom is -0.439 e. The highest BCUT2D eigenvalue weighted by Gasteiger charge is 2.06. The summed E-state index contributed by atoms with van der Waals surface area (Å²) in [6.07, 6.45) is 1.31. The zero-order chi connectivity index (χ0) is 14.1. The molecule has 0 saturated carbocycles. The Hall–Kier alpha value is -2.40. The molecule has 6 heteroatoms. The molecule has 0 bridgehead atoms. The minimum atomic E-state index is -0.391. The van der Waals surface area contributed by atoms with E-state index in [9.17, 15) is 4.79 Å². The van der Waals surface area contributed by atoms with Crippen molar-refractivity contribution in [2.24, 2.45) is 0 Å². The number of nitrogens with zero attached hydrogens (tertiary/aromatic N) is 2. The van der Waals surface area contributed by atoms with Gasteiger partial charge in [-0.2, -0.15) is 0 Å². The lowest BCUT2D eigenvalue weighted by atomic mass is 10.1. The van der Waals surface area contributed by atoms with Gasteiger partial charge in [0.2, 0.25) is 5.88 Å². The Balaban J connectivity index is 2.03. The quantitative estimate of drug-likeness (QED) is 0.534. The highest BCUT2D eigenvalue weighted by Crippen LogP contribution is 2.26. The fourth-order valence-corrected chi connectivity index (χ4v) is 2.00. The van der Waals surface area contributed by atoms with Crippen LogP contribution in [0.5, 0.6) is 11.6 Å². The van der Waals surface area contributed by atoms with Gasteiger partial charge in [0, 0.05) is 23.6 Å². The summed E-state index contributed by atoms with van der Waals surface area (Å²) < 4.78 is 10.7. The van der Waals surface area contributed by atoms with Gasteiger partial charge in [0.05, 0.1) is 0 Å². The van der Waals surface area contributed by atoms with Gasteiger partial charge in [-0.15, -0.1) is 0 Å². The number of halogens is 1. The Morgan fingerprint density at radius 2 is 2.05 bits per heavy atom. The summed E-state index contributed by atoms with van der Waals surface area (Å²) >= 11 is 5.76. The Bertz CT molecular complexity index is 845. The topological polar surface area (TPSA) is 65.2 Å². The first-order chi connectivity index (χ1) is 9.61. The molecule has 100 valence electrons. The van der Waals surface area contributed by atoms with Gasteiger partial charge in [-0.3, -0.25) is 0 Å². The molecule has 2 aromatic heterocycles. The molecule has 0 fully saturated rings. The van der Waals surface area contributed by atoms with Gasteiger partial charge < -0.3 is 9.15 Å². The van der Waals surface area contributed by atoms with E-state index < -0.39 is 5.63 Å². The van der Waals surface area contributed by atoms with Gasteiger partial charge in [-0.05, 0) is 24.6 Å². The highest BCUT2D eigenvalue weighted by atomic mass is 35.5. The number of hydrogen-bond donors (Lipinski definition) is 0. The molecule has 1 aromatic carbocycles. The van der Waals surface area contributed by atoms with Crippen molar-refractivity contribution in [1.82, 2.24) is 9.97 Å². The Kier molecular flexibility index (Phi) is 3.12. The molecule has 0 N–H and O–H groups in total. The summed E-state index contributed by atoms with van der Waals surface area (Å²) in [6, 6.07) is 8.18. The average molecular weight is 289 g/mol. The van der Waals surface area contributed by atoms with Gasteiger partial charge in [0.25, 0.3) is 0 Å². The number of fused-ring (bicyclic) bond motifs is 1. The summed E-state index contributed by atoms with van der Waals surface area (Å²) in [7, 11) is 0. The van der Waals surface area contributed by atoms with Crippen LogP contribution in [0.4, 0.5) is 0 Å². The number of ether oxygens (including phenoxy) is 1. The van der Waals surface area contributed by atoms with Crippen LogP contribution in [-0.4, -0.2) is 9.97 Å². The molecule has 20 heavy (non-hydrogen) atoms. The van der Waals surface area contributed by atoms with Crippen molar-refractivity contribution >= 4 is 22.6 Å². The maximum Gasteiger partial charge on any atom is 0.336 e. The molecule has 5 nitrogen and oxygen atoms in total. The lowest BCUT2D eigenvalue weighted by molar-refractivity contribution is 0.460. The third-order valence-electron chi connectivity index (χ3n) is 2.75. The maximum atomic E-state index is 11.4. The molecule has 3 rings (SSSR count). The van der Waals surface area contributed by atoms with E-state index in [-0.39, 0.29) is 5.15 Å². The van der Waals surface area contributed by atoms with Crippen molar-refractivity contribution in [3.63, 3.8) is 0 Å². The smallest absolute Gasteiger partial charge is 0.336 e. The third-order valence-corrected chi connectivity index (χ3v) is 2.96. The predicted molar refractivity (Wildman–Crippen MR) is 74.3 cm³/mol. The van der Waals surface area contributed by atoms with Crippen molar-refractivity contribution in [2.75, 3.05) is 0 Å². The van der Waals surface area contributed by atoms with E-state index in [0.29, 0.717) is 17.2 Å². The molecule has 0 spiro atoms. The monoisotopic (exact) mass is 288 g/mol. The highest BCUT2D eigenvalue weighted by molar-refractivity contribution is 6.29. The van der Waals surface area contributed by atoms with Crippen molar-refractivity contribution < 1.29 is 9.15 Å². The van der Waals surface area contributed by atoms with Crippen LogP contribution in [0.3, 0.4) is 0 Å². The summed E-state index contributed by atoms with van der Waals surface area (Å²) in [5, 5.41) is 1.15. The van der Waals surface area contributed by atoms with Gasteiger partial charge in [-0.1, -0.05) is 11.6 Å². The van der Waals surface area contributed by atoms with Crippen molar-refractivity contribution in [3.05, 3.63) is 57.8 Å². The molecule has 0 aliphatic heterocycles. The second-order valence-electron chi connectivity index (χ2n) is 4.19. The number of aromatic nitrogens is 2. The maximum absolute atomic E-state index is 11.4. The van der Waals surface area contributed by atoms with Gasteiger partial charge in [0.1, 0.15) is 22.8 Å². The van der Waals surface area contributed by atoms with Crippen LogP contribution in [0.25, 0.3) is 11.0 Å². The molecule has 0 aliphatic carbocycles. The van der Waals surface area contributed by atoms with Crippen LogP contribution in [0.1, 0.15) is 5.56 Å². The van der Waals surface area contributed by atoms with E-state index >= 15 is 0 Å². The Labute approximate surface area is 118 Å². The number of aryl methyl sites for hydroxylation is 1. The largest absolute Gasteiger partial charge is 0.439 e. The van der Waals surface area contributed by atoms with E-state index in [1.54, 1.807) is 12.1 Å². The van der Waals surface area contributed by atoms with Crippen LogP contribution in [-0.2, 0) is 0 Å². The summed E-state index contributed by atoms with van der Waals surface area (Å²) in [5.74, 6) is 0.820. The molecule has 2 heterocycles. The zero-order valence-electron chi connectivity index (χ0n) is 10.5. The standard InChI is InChI=1S/C14H9ClN2O3/c1-8-4-14(18)20-11-5-9(2-3-10(8)11)19-13-6-12(15)16-7-17-13/h2-7H,1H3. The molecule has 3 aromatic rings. The molecule has 0 saturated heterocycles. The van der Waals surface area contributed by atoms with Crippen LogP contribution < -0.4 is 10.4 Å². The fraction of sp³-hybridized carbons (Fsp3) is 0.0714. The first kappa shape index (κ1) is 12.6. The average Bonchev–Trinajstić information content (AvgIpc) is 2.38. The normalized spacial score (nSPS) is 10.7. The number of hydrogen-bond acceptors (Lipinski definition) is 5. The SMILES string of the molecule is Cc1cc(=O)oc2cc(Oc3cc(Cl)ncn3)ccc12. The first-order valence-electron chi connectivity index (χ1n) is 5.82. The molecule has 0 radical (unpaired) electrons. The summed E-state index contributed by atoms with van der Waals surface area (Å²) in [6.45, 7) is 1.85. The second kappa shape index (κ2) is 4.94. The second-order valence-corrected chi connectivity index (χ2v) is 4.57. The first-order valence-corrected chi connectivity index (χ1v) is 6.19. The molecule has 0 aliphatic rings. The van der Waals surface area contributed by atoms with E-state index in [4.69, 9.17) is 20.8 Å². The molecular weight excluding hydrogens is 280 g/mol. The van der Waals surface area contributed by atoms with Crippen LogP contribution >= 0.6 is 11.6 Å². The molecule has 0 atom stereocenters. The van der Waals surface area contributed by atoms with E-state index in [0.717, 1.165) is 10.9 Å². The zero-order valence-corrected chi connectivity index (χ0v) is 11.2. The molecular formula is C14H9ClN2O3. The van der Waals surface area contributed by atoms with Crippen molar-refractivity contribution in [3.8, 4) is 11.6 Å². The Morgan fingerprint density at radius 1 is 1.20 bits per heavy atom. The molecule has 0 amide bonds. The van der Waals surface area contributed by atoms with E-state index in [1.165, 1.54) is 18.5 Å². The van der Waals surface area contributed by atoms with Crippen LogP contribution in [0.15, 0.2) is 45.9 Å². The van der Waals surface area contributed by atoms with E-state index in [2.05, 4.69) is 9.97 Å². The lowest BCUT2D eigenvalue weighted by Gasteiger charge is -2.06. The number of benzene rings is 1. The van der Waals surface area contributed by atoms with Crippen molar-refractivity contribution in [2.45, 2.75) is 6.92 Å². The van der Waals surface area contributed by atoms with Crippen LogP contribution in [0, 0.1) is 6.92 Å². The number of rotatable bonds is 2. The third kappa shape index (κ3) is 2.48. The minimum absolute atomic E-state index is 0.290. The van der Waals surface area contributed by atoms with Gasteiger partial charge >= 0.3 is 5.63 Å². The summed E-state index contributed by atoms with van der Waals surface area (Å²) in [4.78, 5) is 19.1.